The highest BCUT2D eigenvalue weighted by Gasteiger charge is 2.29. The van der Waals surface area contributed by atoms with Crippen LogP contribution in [0.2, 0.25) is 0 Å². The summed E-state index contributed by atoms with van der Waals surface area (Å²) in [5.41, 5.74) is 3.08. The number of allylic oxidation sites excluding steroid dienone is 1. The Morgan fingerprint density at radius 3 is 2.47 bits per heavy atom. The van der Waals surface area contributed by atoms with Crippen molar-refractivity contribution in [2.75, 3.05) is 13.7 Å². The van der Waals surface area contributed by atoms with E-state index in [1.165, 1.54) is 7.11 Å². The van der Waals surface area contributed by atoms with Crippen molar-refractivity contribution in [1.82, 2.24) is 5.32 Å². The number of aliphatic hydroxyl groups excluding tert-OH is 1. The van der Waals surface area contributed by atoms with Gasteiger partial charge in [0.25, 0.3) is 5.91 Å². The molecule has 0 spiro atoms. The molecule has 32 heavy (non-hydrogen) atoms. The molecule has 1 aliphatic rings. The fourth-order valence-electron chi connectivity index (χ4n) is 3.28. The predicted octanol–water partition coefficient (Wildman–Crippen LogP) is 2.65. The maximum Gasteiger partial charge on any atom is 0.337 e. The number of carbonyl (C=O) groups excluding carboxylic acids is 2. The molecule has 0 bridgehead atoms. The summed E-state index contributed by atoms with van der Waals surface area (Å²) in [6, 6.07) is 14.4. The molecule has 2 aromatic carbocycles. The molecule has 7 heteroatoms. The molecule has 0 aliphatic carbocycles. The maximum absolute atomic E-state index is 12.5. The van der Waals surface area contributed by atoms with E-state index in [9.17, 15) is 14.7 Å². The highest BCUT2D eigenvalue weighted by atomic mass is 16.7. The second kappa shape index (κ2) is 11.1. The van der Waals surface area contributed by atoms with Gasteiger partial charge in [0, 0.05) is 12.3 Å². The van der Waals surface area contributed by atoms with Crippen molar-refractivity contribution < 1.29 is 28.9 Å². The Labute approximate surface area is 187 Å². The van der Waals surface area contributed by atoms with Gasteiger partial charge in [-0.15, -0.1) is 6.42 Å². The normalized spacial score (nSPS) is 17.5. The summed E-state index contributed by atoms with van der Waals surface area (Å²) in [4.78, 5) is 24.2. The number of methoxy groups -OCH3 is 1. The Kier molecular flexibility index (Phi) is 8.03. The number of carbonyl (C=O) groups is 2. The number of rotatable bonds is 8. The van der Waals surface area contributed by atoms with Crippen molar-refractivity contribution in [3.63, 3.8) is 0 Å². The first kappa shape index (κ1) is 23.1. The molecule has 0 unspecified atom stereocenters. The van der Waals surface area contributed by atoms with E-state index in [1.54, 1.807) is 18.2 Å². The third kappa shape index (κ3) is 5.97. The van der Waals surface area contributed by atoms with E-state index in [-0.39, 0.29) is 31.4 Å². The summed E-state index contributed by atoms with van der Waals surface area (Å²) in [7, 11) is 1.33. The summed E-state index contributed by atoms with van der Waals surface area (Å²) >= 11 is 0. The van der Waals surface area contributed by atoms with E-state index < -0.39 is 18.2 Å². The first-order chi connectivity index (χ1) is 15.5. The summed E-state index contributed by atoms with van der Waals surface area (Å²) < 4.78 is 16.5. The molecule has 7 nitrogen and oxygen atoms in total. The Bertz CT molecular complexity index is 1000. The zero-order valence-corrected chi connectivity index (χ0v) is 17.7. The number of benzene rings is 2. The lowest BCUT2D eigenvalue weighted by atomic mass is 9.92. The highest BCUT2D eigenvalue weighted by molar-refractivity contribution is 5.92. The molecule has 0 fully saturated rings. The molecule has 2 N–H and O–H groups in total. The summed E-state index contributed by atoms with van der Waals surface area (Å²) in [5.74, 6) is 1.50. The minimum absolute atomic E-state index is 0.0236. The van der Waals surface area contributed by atoms with Crippen LogP contribution in [0.25, 0.3) is 0 Å². The second-order valence-electron chi connectivity index (χ2n) is 7.21. The van der Waals surface area contributed by atoms with Crippen LogP contribution in [-0.4, -0.2) is 36.9 Å². The van der Waals surface area contributed by atoms with Crippen LogP contribution in [0.5, 0.6) is 0 Å². The van der Waals surface area contributed by atoms with Crippen LogP contribution in [0, 0.1) is 12.3 Å². The zero-order chi connectivity index (χ0) is 22.9. The topological polar surface area (TPSA) is 94.1 Å². The lowest BCUT2D eigenvalue weighted by Crippen LogP contribution is -2.33. The number of terminal acetylenes is 1. The van der Waals surface area contributed by atoms with Crippen molar-refractivity contribution in [2.24, 2.45) is 0 Å². The molecular formula is C25H25NO6. The van der Waals surface area contributed by atoms with Gasteiger partial charge in [0.2, 0.25) is 6.29 Å². The van der Waals surface area contributed by atoms with Crippen LogP contribution in [0.15, 0.2) is 60.4 Å². The molecule has 2 atom stereocenters. The molecule has 0 aromatic heterocycles. The third-order valence-corrected chi connectivity index (χ3v) is 5.03. The van der Waals surface area contributed by atoms with E-state index in [1.807, 2.05) is 36.4 Å². The molecular weight excluding hydrogens is 410 g/mol. The number of hydrogen-bond acceptors (Lipinski definition) is 6. The average molecular weight is 435 g/mol. The predicted molar refractivity (Wildman–Crippen MR) is 117 cm³/mol. The van der Waals surface area contributed by atoms with Gasteiger partial charge in [0.15, 0.2) is 5.76 Å². The van der Waals surface area contributed by atoms with Gasteiger partial charge in [-0.1, -0.05) is 42.3 Å². The Morgan fingerprint density at radius 1 is 1.16 bits per heavy atom. The summed E-state index contributed by atoms with van der Waals surface area (Å²) in [6.07, 6.45) is 6.79. The Hall–Kier alpha value is -3.60. The largest absolute Gasteiger partial charge is 0.465 e. The van der Waals surface area contributed by atoms with Crippen molar-refractivity contribution >= 4 is 11.9 Å². The van der Waals surface area contributed by atoms with Crippen molar-refractivity contribution in [3.8, 4) is 12.3 Å². The molecule has 0 saturated carbocycles. The first-order valence-corrected chi connectivity index (χ1v) is 10.1. The van der Waals surface area contributed by atoms with Crippen LogP contribution in [-0.2, 0) is 32.2 Å². The van der Waals surface area contributed by atoms with Crippen LogP contribution < -0.4 is 5.32 Å². The second-order valence-corrected chi connectivity index (χ2v) is 7.21. The van der Waals surface area contributed by atoms with Gasteiger partial charge in [-0.05, 0) is 34.9 Å². The fraction of sp³-hybridized carbons (Fsp3) is 0.280. The van der Waals surface area contributed by atoms with E-state index in [2.05, 4.69) is 11.2 Å². The van der Waals surface area contributed by atoms with Crippen molar-refractivity contribution in [2.45, 2.75) is 31.8 Å². The number of esters is 1. The zero-order valence-electron chi connectivity index (χ0n) is 17.7. The molecule has 166 valence electrons. The smallest absolute Gasteiger partial charge is 0.337 e. The van der Waals surface area contributed by atoms with E-state index >= 15 is 0 Å². The lowest BCUT2D eigenvalue weighted by molar-refractivity contribution is -0.150. The van der Waals surface area contributed by atoms with Gasteiger partial charge in [-0.3, -0.25) is 4.79 Å². The minimum Gasteiger partial charge on any atom is -0.465 e. The standard InChI is InChI=1S/C25H25NO6/c1-3-12-26-24(28)22-13-21(19-8-10-20(11-9-19)25(29)30-2)14-23(32-22)31-16-18-6-4-17(15-27)5-7-18/h1,4-11,13,21,23,27H,12,14-16H2,2H3,(H,26,28)/t21-,23+/m0/s1. The molecule has 3 rings (SSSR count). The SMILES string of the molecule is C#CCNC(=O)C1=C[C@H](c2ccc(C(=O)OC)cc2)C[C@H](OCc2ccc(CO)cc2)O1. The van der Waals surface area contributed by atoms with E-state index in [4.69, 9.17) is 20.6 Å². The van der Waals surface area contributed by atoms with Crippen LogP contribution in [0.1, 0.15) is 39.4 Å². The number of hydrogen-bond donors (Lipinski definition) is 2. The number of aliphatic hydroxyl groups is 1. The minimum atomic E-state index is -0.658. The highest BCUT2D eigenvalue weighted by Crippen LogP contribution is 2.32. The molecule has 2 aromatic rings. The molecule has 1 heterocycles. The van der Waals surface area contributed by atoms with Crippen LogP contribution in [0.3, 0.4) is 0 Å². The van der Waals surface area contributed by atoms with Crippen LogP contribution >= 0.6 is 0 Å². The molecule has 0 saturated heterocycles. The van der Waals surface area contributed by atoms with Crippen molar-refractivity contribution in [1.29, 1.82) is 0 Å². The van der Waals surface area contributed by atoms with Crippen LogP contribution in [0.4, 0.5) is 0 Å². The molecule has 0 radical (unpaired) electrons. The lowest BCUT2D eigenvalue weighted by Gasteiger charge is -2.29. The maximum atomic E-state index is 12.5. The summed E-state index contributed by atoms with van der Waals surface area (Å²) in [5, 5.41) is 11.8. The van der Waals surface area contributed by atoms with Crippen molar-refractivity contribution in [3.05, 3.63) is 82.6 Å². The average Bonchev–Trinajstić information content (AvgIpc) is 2.85. The number of ether oxygens (including phenoxy) is 3. The quantitative estimate of drug-likeness (QED) is 0.489. The number of nitrogens with one attached hydrogen (secondary N) is 1. The van der Waals surface area contributed by atoms with Gasteiger partial charge in [-0.2, -0.15) is 0 Å². The fourth-order valence-corrected chi connectivity index (χ4v) is 3.28. The first-order valence-electron chi connectivity index (χ1n) is 10.1. The van der Waals surface area contributed by atoms with Gasteiger partial charge in [0.05, 0.1) is 32.4 Å². The Balaban J connectivity index is 1.75. The van der Waals surface area contributed by atoms with Gasteiger partial charge in [-0.25, -0.2) is 4.79 Å². The van der Waals surface area contributed by atoms with Gasteiger partial charge >= 0.3 is 5.97 Å². The number of amides is 1. The summed E-state index contributed by atoms with van der Waals surface area (Å²) in [6.45, 7) is 0.342. The van der Waals surface area contributed by atoms with E-state index in [0.29, 0.717) is 12.0 Å². The Morgan fingerprint density at radius 2 is 1.84 bits per heavy atom. The molecule has 1 aliphatic heterocycles. The van der Waals surface area contributed by atoms with E-state index in [0.717, 1.165) is 16.7 Å². The van der Waals surface area contributed by atoms with Gasteiger partial charge in [0.1, 0.15) is 0 Å². The van der Waals surface area contributed by atoms with Gasteiger partial charge < -0.3 is 24.6 Å². The molecule has 1 amide bonds. The third-order valence-electron chi connectivity index (χ3n) is 5.03. The monoisotopic (exact) mass is 435 g/mol.